The minimum Gasteiger partial charge on any atom is -0.507 e. The van der Waals surface area contributed by atoms with Gasteiger partial charge in [-0.1, -0.05) is 276 Å². The summed E-state index contributed by atoms with van der Waals surface area (Å²) in [4.78, 5) is 19.6. The molecule has 0 spiro atoms. The van der Waals surface area contributed by atoms with Gasteiger partial charge in [-0.2, -0.15) is 0 Å². The zero-order valence-electron chi connectivity index (χ0n) is 96.6. The monoisotopic (exact) mass is 1990 g/mol. The number of aromatic hydroxyl groups is 2. The standard InChI is InChI=1S/2C56H56N3O.2Pt/c2*1-33(2)42-26-43(34(3)4)28-44(27-42)40-19-20-51(37(7)25-40)59-52-14-12-13-48(53(52)58-55(59)49-24-36(6)23-38(8)54(49)60)45-29-46(31-47(30-45)56(9,10)11)50-32-41(21-22-57-50)39-17-15-35(5)16-18-39;;/h2*12-28,30-34,60H,1-11H3;;/q2*-1;;/i5D3,7D3,15D,16D,17D,18D,21D,22D,32D,33D;5D3,7D3,15D,16D,17D,18D,33D;;. The number of rotatable bonds is 16. The van der Waals surface area contributed by atoms with Gasteiger partial charge in [0.1, 0.15) is 23.1 Å². The second-order valence-corrected chi connectivity index (χ2v) is 34.3. The summed E-state index contributed by atoms with van der Waals surface area (Å²) in [6, 6.07) is 52.1. The molecule has 2 N–H and O–H groups in total. The first-order valence-electron chi connectivity index (χ1n) is 52.7. The summed E-state index contributed by atoms with van der Waals surface area (Å²) < 4.78 is 219. The van der Waals surface area contributed by atoms with Gasteiger partial charge in [0.2, 0.25) is 0 Å². The van der Waals surface area contributed by atoms with Crippen molar-refractivity contribution < 1.29 is 86.6 Å². The van der Waals surface area contributed by atoms with E-state index in [-0.39, 0.29) is 105 Å². The van der Waals surface area contributed by atoms with Crippen LogP contribution in [0.4, 0.5) is 0 Å². The maximum atomic E-state index is 11.8. The molecule has 0 aliphatic carbocycles. The number of para-hydroxylation sites is 2. The third kappa shape index (κ3) is 18.3. The molecule has 10 heteroatoms. The predicted molar refractivity (Wildman–Crippen MR) is 505 cm³/mol. The molecular formula is C112H112N6O2Pt2-2. The molecule has 8 nitrogen and oxygen atoms in total. The molecular weight excluding hydrogens is 1850 g/mol. The fourth-order valence-electron chi connectivity index (χ4n) is 15.2. The first kappa shape index (κ1) is 61.2. The van der Waals surface area contributed by atoms with Gasteiger partial charge in [-0.3, -0.25) is 19.1 Å². The Kier molecular flexibility index (Phi) is 17.9. The van der Waals surface area contributed by atoms with Crippen molar-refractivity contribution in [1.82, 2.24) is 29.1 Å². The topological polar surface area (TPSA) is 102 Å². The number of aryl methyl sites for hydroxylation is 6. The van der Waals surface area contributed by atoms with E-state index in [1.54, 1.807) is 76.7 Å². The normalized spacial score (nSPS) is 15.3. The van der Waals surface area contributed by atoms with Gasteiger partial charge >= 0.3 is 0 Å². The van der Waals surface area contributed by atoms with Crippen LogP contribution < -0.4 is 0 Å². The summed E-state index contributed by atoms with van der Waals surface area (Å²) in [6.07, 6.45) is 0.864. The fourth-order valence-corrected chi connectivity index (χ4v) is 15.2. The van der Waals surface area contributed by atoms with E-state index >= 15 is 0 Å². The molecule has 0 bridgehead atoms. The summed E-state index contributed by atoms with van der Waals surface area (Å²) in [6.45, 7) is 24.0. The molecule has 0 saturated carbocycles. The van der Waals surface area contributed by atoms with Crippen molar-refractivity contribution >= 4 is 22.1 Å². The molecule has 16 rings (SSSR count). The Labute approximate surface area is 787 Å². The summed E-state index contributed by atoms with van der Waals surface area (Å²) in [5, 5.41) is 23.6. The Balaban J connectivity index is 0.000000243. The molecule has 122 heavy (non-hydrogen) atoms. The molecule has 0 amide bonds. The fraction of sp³-hybridized carbons (Fsp3) is 0.250. The zero-order chi connectivity index (χ0) is 107. The summed E-state index contributed by atoms with van der Waals surface area (Å²) >= 11 is 0. The Morgan fingerprint density at radius 2 is 0.795 bits per heavy atom. The average molecular weight is 1990 g/mol. The van der Waals surface area contributed by atoms with E-state index < -0.39 is 139 Å². The van der Waals surface area contributed by atoms with E-state index in [1.165, 1.54) is 6.20 Å². The second-order valence-electron chi connectivity index (χ2n) is 34.3. The van der Waals surface area contributed by atoms with Gasteiger partial charge in [-0.25, -0.2) is 9.97 Å². The van der Waals surface area contributed by atoms with Gasteiger partial charge in [0, 0.05) is 85.1 Å². The van der Waals surface area contributed by atoms with Gasteiger partial charge in [-0.05, 0) is 250 Å². The molecule has 0 atom stereocenters. The van der Waals surface area contributed by atoms with E-state index in [0.29, 0.717) is 106 Å². The third-order valence-corrected chi connectivity index (χ3v) is 22.0. The minimum atomic E-state index is -3.00. The zero-order valence-corrected chi connectivity index (χ0v) is 76.2. The van der Waals surface area contributed by atoms with Crippen LogP contribution in [0.15, 0.2) is 243 Å². The van der Waals surface area contributed by atoms with Gasteiger partial charge in [-0.15, -0.1) is 58.7 Å². The van der Waals surface area contributed by atoms with Crippen molar-refractivity contribution in [2.45, 2.75) is 186 Å². The number of phenols is 2. The van der Waals surface area contributed by atoms with Crippen LogP contribution >= 0.6 is 0 Å². The van der Waals surface area contributed by atoms with Crippen LogP contribution in [0.1, 0.15) is 233 Å². The Morgan fingerprint density at radius 3 is 1.21 bits per heavy atom. The van der Waals surface area contributed by atoms with Crippen molar-refractivity contribution in [3.8, 4) is 135 Å². The maximum Gasteiger partial charge on any atom is 0.148 e. The van der Waals surface area contributed by atoms with Gasteiger partial charge in [0.25, 0.3) is 0 Å². The third-order valence-electron chi connectivity index (χ3n) is 22.0. The van der Waals surface area contributed by atoms with Crippen LogP contribution in [0.25, 0.3) is 145 Å². The first-order valence-corrected chi connectivity index (χ1v) is 40.2. The van der Waals surface area contributed by atoms with Crippen molar-refractivity contribution in [3.63, 3.8) is 0 Å². The summed E-state index contributed by atoms with van der Waals surface area (Å²) in [7, 11) is 0. The first-order chi connectivity index (χ1) is 67.1. The molecule has 4 aromatic heterocycles. The Bertz CT molecular complexity index is 7900. The predicted octanol–water partition coefficient (Wildman–Crippen LogP) is 30.1. The van der Waals surface area contributed by atoms with Crippen LogP contribution in [0.5, 0.6) is 11.5 Å². The van der Waals surface area contributed by atoms with E-state index in [2.05, 4.69) is 76.6 Å². The van der Waals surface area contributed by atoms with Crippen molar-refractivity contribution in [1.29, 1.82) is 0 Å². The van der Waals surface area contributed by atoms with E-state index in [0.717, 1.165) is 55.6 Å². The molecule has 16 aromatic rings. The largest absolute Gasteiger partial charge is 0.507 e. The van der Waals surface area contributed by atoms with Crippen LogP contribution in [0.2, 0.25) is 0 Å². The molecule has 0 unspecified atom stereocenters. The number of nitrogens with zero attached hydrogens (tertiary/aromatic N) is 6. The number of imidazole rings is 2. The summed E-state index contributed by atoms with van der Waals surface area (Å²) in [5.74, 6) is -1.02. The Hall–Kier alpha value is -11.1. The van der Waals surface area contributed by atoms with Crippen molar-refractivity contribution in [2.24, 2.45) is 0 Å². The van der Waals surface area contributed by atoms with Crippen LogP contribution in [-0.4, -0.2) is 39.3 Å². The molecule has 4 heterocycles. The number of aromatic nitrogens is 6. The number of hydrogen-bond donors (Lipinski definition) is 2. The molecule has 624 valence electrons. The quantitative estimate of drug-likeness (QED) is 0.0935. The minimum absolute atomic E-state index is 0. The van der Waals surface area contributed by atoms with Gasteiger partial charge < -0.3 is 10.2 Å². The van der Waals surface area contributed by atoms with Crippen LogP contribution in [-0.2, 0) is 53.0 Å². The molecule has 0 fully saturated rings. The average Bonchev–Trinajstić information content (AvgIpc) is 1.57. The van der Waals surface area contributed by atoms with E-state index in [4.69, 9.17) is 42.9 Å². The van der Waals surface area contributed by atoms with Gasteiger partial charge in [0.15, 0.2) is 0 Å². The Morgan fingerprint density at radius 1 is 0.377 bits per heavy atom. The number of benzene rings is 12. The van der Waals surface area contributed by atoms with Crippen molar-refractivity contribution in [3.05, 3.63) is 333 Å². The van der Waals surface area contributed by atoms with E-state index in [1.807, 2.05) is 172 Å². The maximum absolute atomic E-state index is 11.8. The molecule has 0 radical (unpaired) electrons. The second kappa shape index (κ2) is 35.7. The molecule has 0 saturated heterocycles. The SMILES string of the molecule is [2H]c1c([2H])c(C([2H])([2H])[2H])c([2H])c([2H])c1-c1ccnc(-c2[c-]c(-c3cccc4c3nc(-c3cc(C)cc(C)c3O)n4-c3ccc(-c4cc(C(C)C)cc(C([2H])(C)C)c4)cc3C([2H])([2H])[2H])cc(C(C)(C)C)c2)c1.[2H]c1nc(-c2[c-]c(-c3cccc4c3nc(-c3cc(C)cc(C)c3O)n4-c3ccc(-c4cc(C(C)C)cc(C([2H])(C)C)c4)cc3C([2H])([2H])[2H])cc(C(C)(C)C)c2)c([2H])c(-c2c([2H])c([2H])c(C([2H])([2H])[2H])c([2H])c2[2H])c1[2H].[Pt].[Pt]. The van der Waals surface area contributed by atoms with Crippen molar-refractivity contribution in [2.75, 3.05) is 0 Å². The van der Waals surface area contributed by atoms with Gasteiger partial charge in [0.05, 0.1) is 59.6 Å². The van der Waals surface area contributed by atoms with Crippen LogP contribution in [0, 0.1) is 67.2 Å². The number of phenolic OH excluding ortho intramolecular Hbond substituents is 2. The van der Waals surface area contributed by atoms with Crippen LogP contribution in [0.3, 0.4) is 0 Å². The number of pyridine rings is 2. The number of fused-ring (bicyclic) bond motifs is 2. The molecule has 0 aliphatic rings. The molecule has 12 aromatic carbocycles. The number of hydrogen-bond acceptors (Lipinski definition) is 6. The molecule has 0 aliphatic heterocycles. The smallest absolute Gasteiger partial charge is 0.148 e. The van der Waals surface area contributed by atoms with E-state index in [9.17, 15) is 11.6 Å². The summed E-state index contributed by atoms with van der Waals surface area (Å²) in [5.41, 5.74) is 14.5.